The van der Waals surface area contributed by atoms with Crippen LogP contribution in [0.1, 0.15) is 5.82 Å². The summed E-state index contributed by atoms with van der Waals surface area (Å²) in [5.74, 6) is 1.12. The molecule has 0 fully saturated rings. The number of rotatable bonds is 3. The number of aryl methyl sites for hydroxylation is 1. The third kappa shape index (κ3) is 2.30. The second kappa shape index (κ2) is 4.85. The van der Waals surface area contributed by atoms with Crippen LogP contribution in [0.2, 0.25) is 0 Å². The molecule has 102 valence electrons. The normalized spacial score (nSPS) is 10.9. The average Bonchev–Trinajstić information content (AvgIpc) is 2.72. The number of aromatic nitrogens is 2. The molecule has 0 saturated carbocycles. The molecule has 0 radical (unpaired) electrons. The van der Waals surface area contributed by atoms with Crippen molar-refractivity contribution in [3.8, 4) is 5.75 Å². The van der Waals surface area contributed by atoms with Gasteiger partial charge >= 0.3 is 0 Å². The molecule has 0 bridgehead atoms. The van der Waals surface area contributed by atoms with E-state index in [1.165, 1.54) is 12.1 Å². The SMILES string of the molecule is Cn1c(COc2cccc(N)c2)nc2cc(F)ccc21. The van der Waals surface area contributed by atoms with Crippen molar-refractivity contribution < 1.29 is 9.13 Å². The number of nitrogen functional groups attached to an aromatic ring is 1. The molecule has 0 atom stereocenters. The van der Waals surface area contributed by atoms with Gasteiger partial charge in [0.15, 0.2) is 0 Å². The van der Waals surface area contributed by atoms with Crippen LogP contribution in [0.25, 0.3) is 11.0 Å². The third-order valence-electron chi connectivity index (χ3n) is 3.16. The smallest absolute Gasteiger partial charge is 0.147 e. The number of benzene rings is 2. The Kier molecular flexibility index (Phi) is 3.02. The van der Waals surface area contributed by atoms with E-state index in [0.29, 0.717) is 23.6 Å². The van der Waals surface area contributed by atoms with Crippen molar-refractivity contribution in [1.29, 1.82) is 0 Å². The van der Waals surface area contributed by atoms with Gasteiger partial charge in [-0.25, -0.2) is 9.37 Å². The van der Waals surface area contributed by atoms with E-state index in [2.05, 4.69) is 4.98 Å². The van der Waals surface area contributed by atoms with Crippen molar-refractivity contribution in [2.24, 2.45) is 7.05 Å². The first kappa shape index (κ1) is 12.5. The van der Waals surface area contributed by atoms with Gasteiger partial charge in [-0.1, -0.05) is 6.07 Å². The van der Waals surface area contributed by atoms with Gasteiger partial charge in [0, 0.05) is 24.9 Å². The molecule has 0 aliphatic carbocycles. The Morgan fingerprint density at radius 3 is 2.90 bits per heavy atom. The lowest BCUT2D eigenvalue weighted by atomic mass is 10.3. The maximum atomic E-state index is 13.2. The second-order valence-electron chi connectivity index (χ2n) is 4.58. The molecule has 20 heavy (non-hydrogen) atoms. The number of nitrogens with zero attached hydrogens (tertiary/aromatic N) is 2. The van der Waals surface area contributed by atoms with Crippen LogP contribution in [0.4, 0.5) is 10.1 Å². The van der Waals surface area contributed by atoms with Crippen molar-refractivity contribution >= 4 is 16.7 Å². The van der Waals surface area contributed by atoms with Gasteiger partial charge in [0.25, 0.3) is 0 Å². The van der Waals surface area contributed by atoms with Gasteiger partial charge in [-0.2, -0.15) is 0 Å². The Balaban J connectivity index is 1.86. The molecule has 0 aliphatic rings. The zero-order chi connectivity index (χ0) is 14.1. The summed E-state index contributed by atoms with van der Waals surface area (Å²) in [6.45, 7) is 0.302. The molecule has 3 rings (SSSR count). The lowest BCUT2D eigenvalue weighted by molar-refractivity contribution is 0.292. The number of nitrogens with two attached hydrogens (primary N) is 1. The summed E-state index contributed by atoms with van der Waals surface area (Å²) < 4.78 is 20.7. The number of anilines is 1. The lowest BCUT2D eigenvalue weighted by Crippen LogP contribution is -2.03. The molecule has 4 nitrogen and oxygen atoms in total. The summed E-state index contributed by atoms with van der Waals surface area (Å²) in [4.78, 5) is 4.38. The van der Waals surface area contributed by atoms with E-state index >= 15 is 0 Å². The molecule has 0 saturated heterocycles. The topological polar surface area (TPSA) is 53.1 Å². The maximum absolute atomic E-state index is 13.2. The van der Waals surface area contributed by atoms with Gasteiger partial charge in [-0.15, -0.1) is 0 Å². The van der Waals surface area contributed by atoms with E-state index < -0.39 is 0 Å². The minimum Gasteiger partial charge on any atom is -0.486 e. The number of fused-ring (bicyclic) bond motifs is 1. The highest BCUT2D eigenvalue weighted by atomic mass is 19.1. The Labute approximate surface area is 115 Å². The van der Waals surface area contributed by atoms with Crippen LogP contribution in [0.5, 0.6) is 5.75 Å². The summed E-state index contributed by atoms with van der Waals surface area (Å²) in [5.41, 5.74) is 7.84. The fraction of sp³-hybridized carbons (Fsp3) is 0.133. The molecule has 5 heteroatoms. The minimum absolute atomic E-state index is 0.293. The molecular weight excluding hydrogens is 257 g/mol. The number of imidazole rings is 1. The first-order valence-electron chi connectivity index (χ1n) is 6.23. The number of halogens is 1. The van der Waals surface area contributed by atoms with E-state index in [9.17, 15) is 4.39 Å². The third-order valence-corrected chi connectivity index (χ3v) is 3.16. The van der Waals surface area contributed by atoms with Gasteiger partial charge in [0.2, 0.25) is 0 Å². The number of hydrogen-bond donors (Lipinski definition) is 1. The van der Waals surface area contributed by atoms with Crippen LogP contribution in [0.15, 0.2) is 42.5 Å². The summed E-state index contributed by atoms with van der Waals surface area (Å²) in [6.07, 6.45) is 0. The molecule has 3 aromatic rings. The van der Waals surface area contributed by atoms with Crippen LogP contribution in [0, 0.1) is 5.82 Å². The van der Waals surface area contributed by atoms with Gasteiger partial charge in [-0.05, 0) is 24.3 Å². The van der Waals surface area contributed by atoms with Crippen molar-refractivity contribution in [2.75, 3.05) is 5.73 Å². The largest absolute Gasteiger partial charge is 0.486 e. The highest BCUT2D eigenvalue weighted by Crippen LogP contribution is 2.19. The van der Waals surface area contributed by atoms with Crippen LogP contribution >= 0.6 is 0 Å². The summed E-state index contributed by atoms with van der Waals surface area (Å²) in [6, 6.07) is 11.8. The van der Waals surface area contributed by atoms with Crippen molar-refractivity contribution in [3.63, 3.8) is 0 Å². The summed E-state index contributed by atoms with van der Waals surface area (Å²) in [5, 5.41) is 0. The lowest BCUT2D eigenvalue weighted by Gasteiger charge is -2.06. The van der Waals surface area contributed by atoms with Crippen LogP contribution < -0.4 is 10.5 Å². The van der Waals surface area contributed by atoms with E-state index in [1.807, 2.05) is 23.7 Å². The average molecular weight is 271 g/mol. The molecule has 0 aliphatic heterocycles. The molecule has 1 aromatic heterocycles. The molecule has 0 unspecified atom stereocenters. The maximum Gasteiger partial charge on any atom is 0.147 e. The van der Waals surface area contributed by atoms with E-state index in [-0.39, 0.29) is 5.82 Å². The Morgan fingerprint density at radius 2 is 2.10 bits per heavy atom. The zero-order valence-corrected chi connectivity index (χ0v) is 11.0. The molecular formula is C15H14FN3O. The molecule has 2 aromatic carbocycles. The van der Waals surface area contributed by atoms with Crippen molar-refractivity contribution in [2.45, 2.75) is 6.61 Å². The first-order valence-corrected chi connectivity index (χ1v) is 6.23. The predicted molar refractivity (Wildman–Crippen MR) is 75.9 cm³/mol. The van der Waals surface area contributed by atoms with E-state index in [0.717, 1.165) is 11.3 Å². The fourth-order valence-electron chi connectivity index (χ4n) is 2.10. The van der Waals surface area contributed by atoms with Gasteiger partial charge in [0.05, 0.1) is 11.0 Å². The zero-order valence-electron chi connectivity index (χ0n) is 11.0. The molecule has 0 spiro atoms. The fourth-order valence-corrected chi connectivity index (χ4v) is 2.10. The first-order chi connectivity index (χ1) is 9.63. The minimum atomic E-state index is -0.293. The standard InChI is InChI=1S/C15H14FN3O/c1-19-14-6-5-10(16)7-13(14)18-15(19)9-20-12-4-2-3-11(17)8-12/h2-8H,9,17H2,1H3. The number of ether oxygens (including phenoxy) is 1. The van der Waals surface area contributed by atoms with Gasteiger partial charge < -0.3 is 15.0 Å². The van der Waals surface area contributed by atoms with Crippen molar-refractivity contribution in [1.82, 2.24) is 9.55 Å². The molecule has 1 heterocycles. The molecule has 0 amide bonds. The van der Waals surface area contributed by atoms with Crippen LogP contribution in [-0.4, -0.2) is 9.55 Å². The van der Waals surface area contributed by atoms with Crippen LogP contribution in [-0.2, 0) is 13.7 Å². The Hall–Kier alpha value is -2.56. The number of hydrogen-bond acceptors (Lipinski definition) is 3. The van der Waals surface area contributed by atoms with Gasteiger partial charge in [0.1, 0.15) is 24.0 Å². The second-order valence-corrected chi connectivity index (χ2v) is 4.58. The predicted octanol–water partition coefficient (Wildman–Crippen LogP) is 2.87. The Bertz CT molecular complexity index is 767. The summed E-state index contributed by atoms with van der Waals surface area (Å²) in [7, 11) is 1.88. The van der Waals surface area contributed by atoms with Crippen molar-refractivity contribution in [3.05, 3.63) is 54.1 Å². The van der Waals surface area contributed by atoms with E-state index in [1.54, 1.807) is 18.2 Å². The quantitative estimate of drug-likeness (QED) is 0.745. The summed E-state index contributed by atoms with van der Waals surface area (Å²) >= 11 is 0. The highest BCUT2D eigenvalue weighted by molar-refractivity contribution is 5.75. The highest BCUT2D eigenvalue weighted by Gasteiger charge is 2.09. The Morgan fingerprint density at radius 1 is 1.25 bits per heavy atom. The molecule has 2 N–H and O–H groups in total. The van der Waals surface area contributed by atoms with Gasteiger partial charge in [-0.3, -0.25) is 0 Å². The monoisotopic (exact) mass is 271 g/mol. The van der Waals surface area contributed by atoms with Crippen LogP contribution in [0.3, 0.4) is 0 Å². The van der Waals surface area contributed by atoms with E-state index in [4.69, 9.17) is 10.5 Å².